The van der Waals surface area contributed by atoms with Gasteiger partial charge in [0.15, 0.2) is 5.13 Å². The monoisotopic (exact) mass is 299 g/mol. The lowest BCUT2D eigenvalue weighted by atomic mass is 10.0. The van der Waals surface area contributed by atoms with Gasteiger partial charge in [-0.15, -0.1) is 11.3 Å². The van der Waals surface area contributed by atoms with Crippen LogP contribution in [0.2, 0.25) is 0 Å². The first-order valence-corrected chi connectivity index (χ1v) is 7.34. The Morgan fingerprint density at radius 1 is 1.40 bits per heavy atom. The van der Waals surface area contributed by atoms with Crippen molar-refractivity contribution >= 4 is 28.5 Å². The van der Waals surface area contributed by atoms with E-state index >= 15 is 0 Å². The maximum Gasteiger partial charge on any atom is 0.329 e. The number of likely N-dealkylation sites (N-methyl/N-ethyl adjacent to an activating group) is 1. The highest BCUT2D eigenvalue weighted by Crippen LogP contribution is 2.24. The molecule has 0 atom stereocenters. The molecule has 1 heterocycles. The zero-order chi connectivity index (χ0) is 15.5. The van der Waals surface area contributed by atoms with Gasteiger partial charge in [-0.1, -0.05) is 6.92 Å². The second-order valence-electron chi connectivity index (χ2n) is 4.91. The van der Waals surface area contributed by atoms with Gasteiger partial charge in [0.2, 0.25) is 0 Å². The third kappa shape index (κ3) is 3.27. The average Bonchev–Trinajstić information content (AvgIpc) is 2.69. The molecule has 6 nitrogen and oxygen atoms in total. The van der Waals surface area contributed by atoms with Crippen molar-refractivity contribution < 1.29 is 14.7 Å². The summed E-state index contributed by atoms with van der Waals surface area (Å²) in [7, 11) is 0. The van der Waals surface area contributed by atoms with Crippen molar-refractivity contribution in [1.82, 2.24) is 9.88 Å². The summed E-state index contributed by atoms with van der Waals surface area (Å²) >= 11 is 1.40. The highest BCUT2D eigenvalue weighted by molar-refractivity contribution is 7.15. The Kier molecular flexibility index (Phi) is 5.10. The summed E-state index contributed by atoms with van der Waals surface area (Å²) in [5, 5.41) is 12.4. The lowest BCUT2D eigenvalue weighted by molar-refractivity contribution is -0.147. The van der Waals surface area contributed by atoms with Crippen molar-refractivity contribution in [3.63, 3.8) is 0 Å². The molecule has 112 valence electrons. The number of urea groups is 1. The molecule has 0 aliphatic carbocycles. The molecule has 1 aromatic rings. The normalized spacial score (nSPS) is 11.2. The molecule has 0 radical (unpaired) electrons. The number of aromatic nitrogens is 1. The summed E-state index contributed by atoms with van der Waals surface area (Å²) < 4.78 is 0. The van der Waals surface area contributed by atoms with E-state index in [1.54, 1.807) is 6.92 Å². The van der Waals surface area contributed by atoms with Gasteiger partial charge in [0.25, 0.3) is 0 Å². The van der Waals surface area contributed by atoms with Gasteiger partial charge < -0.3 is 10.0 Å². The van der Waals surface area contributed by atoms with E-state index in [4.69, 9.17) is 0 Å². The molecule has 0 saturated carbocycles. The standard InChI is InChI=1S/C13H21N3O3S/c1-6-9-8(3)20-11(14-9)15-12(19)16(7-2)13(4,5)10(17)18/h6-7H2,1-5H3,(H,17,18)(H,14,15,19). The van der Waals surface area contributed by atoms with Crippen LogP contribution in [0.15, 0.2) is 0 Å². The minimum absolute atomic E-state index is 0.302. The number of rotatable bonds is 5. The van der Waals surface area contributed by atoms with Gasteiger partial charge in [0.1, 0.15) is 5.54 Å². The fourth-order valence-corrected chi connectivity index (χ4v) is 2.77. The van der Waals surface area contributed by atoms with Crippen LogP contribution in [0.1, 0.15) is 38.3 Å². The molecular formula is C13H21N3O3S. The number of carboxylic acids is 1. The predicted molar refractivity (Wildman–Crippen MR) is 79.3 cm³/mol. The zero-order valence-electron chi connectivity index (χ0n) is 12.5. The molecule has 20 heavy (non-hydrogen) atoms. The van der Waals surface area contributed by atoms with Gasteiger partial charge in [-0.05, 0) is 34.1 Å². The van der Waals surface area contributed by atoms with Crippen LogP contribution in [0.5, 0.6) is 0 Å². The van der Waals surface area contributed by atoms with E-state index in [0.717, 1.165) is 17.0 Å². The fourth-order valence-electron chi connectivity index (χ4n) is 1.88. The summed E-state index contributed by atoms with van der Waals surface area (Å²) in [5.41, 5.74) is -0.315. The van der Waals surface area contributed by atoms with Crippen molar-refractivity contribution in [2.75, 3.05) is 11.9 Å². The minimum Gasteiger partial charge on any atom is -0.480 e. The van der Waals surface area contributed by atoms with E-state index in [0.29, 0.717) is 11.7 Å². The molecule has 7 heteroatoms. The molecule has 2 amide bonds. The van der Waals surface area contributed by atoms with Crippen LogP contribution in [-0.4, -0.2) is 39.1 Å². The second-order valence-corrected chi connectivity index (χ2v) is 6.12. The number of nitrogens with one attached hydrogen (secondary N) is 1. The van der Waals surface area contributed by atoms with Crippen molar-refractivity contribution in [1.29, 1.82) is 0 Å². The van der Waals surface area contributed by atoms with E-state index in [-0.39, 0.29) is 0 Å². The summed E-state index contributed by atoms with van der Waals surface area (Å²) in [6, 6.07) is -0.448. The molecule has 0 aliphatic rings. The number of carbonyl (C=O) groups excluding carboxylic acids is 1. The van der Waals surface area contributed by atoms with E-state index in [9.17, 15) is 14.7 Å². The van der Waals surface area contributed by atoms with E-state index in [1.807, 2.05) is 13.8 Å². The van der Waals surface area contributed by atoms with Crippen LogP contribution in [0.3, 0.4) is 0 Å². The first kappa shape index (κ1) is 16.4. The molecule has 1 aromatic heterocycles. The first-order chi connectivity index (χ1) is 9.23. The van der Waals surface area contributed by atoms with Gasteiger partial charge in [-0.3, -0.25) is 5.32 Å². The van der Waals surface area contributed by atoms with Gasteiger partial charge in [-0.25, -0.2) is 14.6 Å². The maximum absolute atomic E-state index is 12.2. The Labute approximate surface area is 122 Å². The van der Waals surface area contributed by atoms with E-state index in [1.165, 1.54) is 30.1 Å². The highest BCUT2D eigenvalue weighted by atomic mass is 32.1. The number of nitrogens with zero attached hydrogens (tertiary/aromatic N) is 2. The predicted octanol–water partition coefficient (Wildman–Crippen LogP) is 2.73. The Hall–Kier alpha value is -1.63. The lowest BCUT2D eigenvalue weighted by Gasteiger charge is -2.33. The largest absolute Gasteiger partial charge is 0.480 e. The Morgan fingerprint density at radius 3 is 2.40 bits per heavy atom. The molecule has 0 aromatic carbocycles. The lowest BCUT2D eigenvalue weighted by Crippen LogP contribution is -2.54. The van der Waals surface area contributed by atoms with E-state index in [2.05, 4.69) is 10.3 Å². The summed E-state index contributed by atoms with van der Waals surface area (Å²) in [5.74, 6) is -1.04. The minimum atomic E-state index is -1.27. The third-order valence-electron chi connectivity index (χ3n) is 3.20. The van der Waals surface area contributed by atoms with Gasteiger partial charge in [0, 0.05) is 11.4 Å². The Bertz CT molecular complexity index is 511. The number of thiazole rings is 1. The average molecular weight is 299 g/mol. The van der Waals surface area contributed by atoms with Crippen LogP contribution in [-0.2, 0) is 11.2 Å². The van der Waals surface area contributed by atoms with E-state index < -0.39 is 17.5 Å². The summed E-state index contributed by atoms with van der Waals surface area (Å²) in [4.78, 5) is 30.1. The first-order valence-electron chi connectivity index (χ1n) is 6.52. The van der Waals surface area contributed by atoms with Crippen LogP contribution < -0.4 is 5.32 Å². The molecule has 1 rings (SSSR count). The van der Waals surface area contributed by atoms with Crippen LogP contribution in [0.25, 0.3) is 0 Å². The summed E-state index contributed by atoms with van der Waals surface area (Å²) in [6.07, 6.45) is 0.802. The fraction of sp³-hybridized carbons (Fsp3) is 0.615. The molecule has 2 N–H and O–H groups in total. The quantitative estimate of drug-likeness (QED) is 0.875. The molecule has 0 unspecified atom stereocenters. The van der Waals surface area contributed by atoms with Gasteiger partial charge >= 0.3 is 12.0 Å². The SMILES string of the molecule is CCc1nc(NC(=O)N(CC)C(C)(C)C(=O)O)sc1C. The number of hydrogen-bond acceptors (Lipinski definition) is 4. The van der Waals surface area contributed by atoms with Crippen molar-refractivity contribution in [3.8, 4) is 0 Å². The highest BCUT2D eigenvalue weighted by Gasteiger charge is 2.37. The number of carboxylic acid groups (broad SMARTS) is 1. The zero-order valence-corrected chi connectivity index (χ0v) is 13.3. The molecule has 0 bridgehead atoms. The molecule has 0 aliphatic heterocycles. The number of anilines is 1. The topological polar surface area (TPSA) is 82.5 Å². The third-order valence-corrected chi connectivity index (χ3v) is 4.13. The number of carbonyl (C=O) groups is 2. The molecule has 0 fully saturated rings. The van der Waals surface area contributed by atoms with Crippen molar-refractivity contribution in [3.05, 3.63) is 10.6 Å². The van der Waals surface area contributed by atoms with Gasteiger partial charge in [-0.2, -0.15) is 0 Å². The molecule has 0 spiro atoms. The Morgan fingerprint density at radius 2 is 2.00 bits per heavy atom. The second kappa shape index (κ2) is 6.21. The van der Waals surface area contributed by atoms with Gasteiger partial charge in [0.05, 0.1) is 5.69 Å². The Balaban J connectivity index is 2.90. The van der Waals surface area contributed by atoms with Crippen molar-refractivity contribution in [2.45, 2.75) is 46.6 Å². The number of amides is 2. The number of aryl methyl sites for hydroxylation is 2. The number of hydrogen-bond donors (Lipinski definition) is 2. The molecule has 0 saturated heterocycles. The summed E-state index contributed by atoms with van der Waals surface area (Å²) in [6.45, 7) is 9.00. The smallest absolute Gasteiger partial charge is 0.329 e. The maximum atomic E-state index is 12.2. The van der Waals surface area contributed by atoms with Crippen LogP contribution in [0.4, 0.5) is 9.93 Å². The van der Waals surface area contributed by atoms with Crippen molar-refractivity contribution in [2.24, 2.45) is 0 Å². The van der Waals surface area contributed by atoms with Crippen LogP contribution in [0, 0.1) is 6.92 Å². The number of aliphatic carboxylic acids is 1. The molecular weight excluding hydrogens is 278 g/mol. The van der Waals surface area contributed by atoms with Crippen LogP contribution >= 0.6 is 11.3 Å².